The average Bonchev–Trinajstić information content (AvgIpc) is 2.87. The number of nitrogens with zero attached hydrogens (tertiary/aromatic N) is 2. The minimum atomic E-state index is 0.215. The molecular formula is C18H19ClN2. The first-order valence-electron chi connectivity index (χ1n) is 7.21. The van der Waals surface area contributed by atoms with Gasteiger partial charge in [0, 0.05) is 0 Å². The number of imidazole rings is 1. The molecule has 21 heavy (non-hydrogen) atoms. The van der Waals surface area contributed by atoms with Gasteiger partial charge in [-0.25, -0.2) is 4.98 Å². The van der Waals surface area contributed by atoms with E-state index in [1.165, 1.54) is 16.7 Å². The fourth-order valence-corrected chi connectivity index (χ4v) is 3.21. The van der Waals surface area contributed by atoms with Crippen LogP contribution in [-0.2, 0) is 5.88 Å². The van der Waals surface area contributed by atoms with Crippen LogP contribution in [0.5, 0.6) is 0 Å². The number of fused-ring (bicyclic) bond motifs is 1. The Morgan fingerprint density at radius 3 is 2.48 bits per heavy atom. The molecule has 0 fully saturated rings. The Balaban J connectivity index is 2.24. The molecule has 108 valence electrons. The zero-order chi connectivity index (χ0) is 15.0. The van der Waals surface area contributed by atoms with Gasteiger partial charge in [-0.1, -0.05) is 36.4 Å². The molecule has 0 radical (unpaired) electrons. The minimum Gasteiger partial charge on any atom is -0.320 e. The summed E-state index contributed by atoms with van der Waals surface area (Å²) in [5.41, 5.74) is 5.99. The van der Waals surface area contributed by atoms with Gasteiger partial charge in [-0.3, -0.25) is 0 Å². The predicted molar refractivity (Wildman–Crippen MR) is 89.0 cm³/mol. The lowest BCUT2D eigenvalue weighted by molar-refractivity contribution is 0.630. The number of aromatic nitrogens is 2. The Hall–Kier alpha value is -1.80. The molecule has 2 nitrogen and oxygen atoms in total. The highest BCUT2D eigenvalue weighted by Gasteiger charge is 2.18. The second-order valence-electron chi connectivity index (χ2n) is 5.51. The molecule has 0 spiro atoms. The molecule has 1 aromatic heterocycles. The molecule has 0 aliphatic rings. The van der Waals surface area contributed by atoms with E-state index in [2.05, 4.69) is 67.8 Å². The van der Waals surface area contributed by atoms with Crippen molar-refractivity contribution in [2.45, 2.75) is 32.7 Å². The lowest BCUT2D eigenvalue weighted by Gasteiger charge is -2.19. The Kier molecular flexibility index (Phi) is 3.73. The zero-order valence-corrected chi connectivity index (χ0v) is 13.4. The first-order valence-corrected chi connectivity index (χ1v) is 7.75. The van der Waals surface area contributed by atoms with Crippen molar-refractivity contribution in [2.24, 2.45) is 0 Å². The van der Waals surface area contributed by atoms with Crippen molar-refractivity contribution in [2.75, 3.05) is 0 Å². The van der Waals surface area contributed by atoms with Crippen molar-refractivity contribution in [3.8, 4) is 0 Å². The Labute approximate surface area is 130 Å². The summed E-state index contributed by atoms with van der Waals surface area (Å²) in [6.45, 7) is 6.45. The van der Waals surface area contributed by atoms with Crippen LogP contribution in [0, 0.1) is 13.8 Å². The molecule has 0 saturated carbocycles. The van der Waals surface area contributed by atoms with Crippen LogP contribution in [0.15, 0.2) is 42.5 Å². The topological polar surface area (TPSA) is 17.8 Å². The van der Waals surface area contributed by atoms with E-state index in [0.717, 1.165) is 16.9 Å². The lowest BCUT2D eigenvalue weighted by atomic mass is 10.0. The minimum absolute atomic E-state index is 0.215. The largest absolute Gasteiger partial charge is 0.320 e. The van der Waals surface area contributed by atoms with Gasteiger partial charge in [0.1, 0.15) is 5.82 Å². The SMILES string of the molecule is Cc1ccccc1C(C)n1c(CCl)nc2c(C)cccc21. The molecule has 3 aromatic rings. The number of hydrogen-bond acceptors (Lipinski definition) is 1. The van der Waals surface area contributed by atoms with Gasteiger partial charge in [-0.05, 0) is 43.5 Å². The summed E-state index contributed by atoms with van der Waals surface area (Å²) < 4.78 is 2.26. The maximum absolute atomic E-state index is 6.14. The van der Waals surface area contributed by atoms with E-state index in [9.17, 15) is 0 Å². The normalized spacial score (nSPS) is 12.8. The van der Waals surface area contributed by atoms with Gasteiger partial charge in [0.25, 0.3) is 0 Å². The number of alkyl halides is 1. The quantitative estimate of drug-likeness (QED) is 0.622. The van der Waals surface area contributed by atoms with Crippen LogP contribution in [0.4, 0.5) is 0 Å². The number of para-hydroxylation sites is 1. The summed E-state index contributed by atoms with van der Waals surface area (Å²) in [6, 6.07) is 15.0. The second kappa shape index (κ2) is 5.53. The first-order chi connectivity index (χ1) is 10.1. The Morgan fingerprint density at radius 1 is 1.05 bits per heavy atom. The van der Waals surface area contributed by atoms with E-state index in [-0.39, 0.29) is 6.04 Å². The molecule has 0 amide bonds. The zero-order valence-electron chi connectivity index (χ0n) is 12.6. The highest BCUT2D eigenvalue weighted by molar-refractivity contribution is 6.16. The van der Waals surface area contributed by atoms with Crippen LogP contribution in [-0.4, -0.2) is 9.55 Å². The van der Waals surface area contributed by atoms with Crippen molar-refractivity contribution < 1.29 is 0 Å². The fraction of sp³-hybridized carbons (Fsp3) is 0.278. The van der Waals surface area contributed by atoms with Crippen LogP contribution >= 0.6 is 11.6 Å². The summed E-state index contributed by atoms with van der Waals surface area (Å²) in [4.78, 5) is 4.74. The third-order valence-electron chi connectivity index (χ3n) is 4.14. The van der Waals surface area contributed by atoms with Crippen molar-refractivity contribution in [3.63, 3.8) is 0 Å². The molecule has 1 heterocycles. The summed E-state index contributed by atoms with van der Waals surface area (Å²) in [6.07, 6.45) is 0. The molecule has 0 saturated heterocycles. The maximum atomic E-state index is 6.14. The van der Waals surface area contributed by atoms with E-state index in [1.807, 2.05) is 0 Å². The van der Waals surface area contributed by atoms with E-state index >= 15 is 0 Å². The predicted octanol–water partition coefficient (Wildman–Crippen LogP) is 5.00. The van der Waals surface area contributed by atoms with Crippen molar-refractivity contribution in [1.29, 1.82) is 0 Å². The monoisotopic (exact) mass is 298 g/mol. The van der Waals surface area contributed by atoms with Gasteiger partial charge < -0.3 is 4.57 Å². The standard InChI is InChI=1S/C18H19ClN2/c1-12-7-4-5-9-15(12)14(3)21-16-10-6-8-13(2)18(16)20-17(21)11-19/h4-10,14H,11H2,1-3H3. The van der Waals surface area contributed by atoms with E-state index in [1.54, 1.807) is 0 Å². The molecule has 3 heteroatoms. The van der Waals surface area contributed by atoms with Gasteiger partial charge in [0.2, 0.25) is 0 Å². The van der Waals surface area contributed by atoms with Crippen LogP contribution in [0.25, 0.3) is 11.0 Å². The summed E-state index contributed by atoms with van der Waals surface area (Å²) in [5.74, 6) is 1.35. The average molecular weight is 299 g/mol. The molecule has 0 aliphatic heterocycles. The number of benzene rings is 2. The molecule has 2 aromatic carbocycles. The number of aryl methyl sites for hydroxylation is 2. The third kappa shape index (κ3) is 2.34. The Bertz CT molecular complexity index is 789. The fourth-order valence-electron chi connectivity index (χ4n) is 3.03. The van der Waals surface area contributed by atoms with Crippen LogP contribution < -0.4 is 0 Å². The maximum Gasteiger partial charge on any atom is 0.125 e. The molecule has 0 aliphatic carbocycles. The van der Waals surface area contributed by atoms with Gasteiger partial charge >= 0.3 is 0 Å². The lowest BCUT2D eigenvalue weighted by Crippen LogP contribution is -2.11. The highest BCUT2D eigenvalue weighted by atomic mass is 35.5. The number of halogens is 1. The van der Waals surface area contributed by atoms with Gasteiger partial charge in [-0.2, -0.15) is 0 Å². The molecule has 1 unspecified atom stereocenters. The smallest absolute Gasteiger partial charge is 0.125 e. The number of hydrogen-bond donors (Lipinski definition) is 0. The van der Waals surface area contributed by atoms with Crippen molar-refractivity contribution in [3.05, 3.63) is 65.0 Å². The van der Waals surface area contributed by atoms with Crippen molar-refractivity contribution >= 4 is 22.6 Å². The molecule has 0 N–H and O–H groups in total. The van der Waals surface area contributed by atoms with Gasteiger partial charge in [0.05, 0.1) is 23.0 Å². The first kappa shape index (κ1) is 14.2. The van der Waals surface area contributed by atoms with E-state index in [4.69, 9.17) is 16.6 Å². The van der Waals surface area contributed by atoms with Crippen LogP contribution in [0.2, 0.25) is 0 Å². The molecule has 0 bridgehead atoms. The second-order valence-corrected chi connectivity index (χ2v) is 5.77. The molecular weight excluding hydrogens is 280 g/mol. The van der Waals surface area contributed by atoms with Gasteiger partial charge in [-0.15, -0.1) is 11.6 Å². The third-order valence-corrected chi connectivity index (χ3v) is 4.38. The van der Waals surface area contributed by atoms with Gasteiger partial charge in [0.15, 0.2) is 0 Å². The summed E-state index contributed by atoms with van der Waals surface area (Å²) in [7, 11) is 0. The summed E-state index contributed by atoms with van der Waals surface area (Å²) >= 11 is 6.14. The highest BCUT2D eigenvalue weighted by Crippen LogP contribution is 2.29. The van der Waals surface area contributed by atoms with E-state index in [0.29, 0.717) is 5.88 Å². The van der Waals surface area contributed by atoms with Crippen LogP contribution in [0.1, 0.15) is 35.5 Å². The van der Waals surface area contributed by atoms with Crippen molar-refractivity contribution in [1.82, 2.24) is 9.55 Å². The number of rotatable bonds is 3. The van der Waals surface area contributed by atoms with E-state index < -0.39 is 0 Å². The van der Waals surface area contributed by atoms with Crippen LogP contribution in [0.3, 0.4) is 0 Å². The Morgan fingerprint density at radius 2 is 1.76 bits per heavy atom. The molecule has 3 rings (SSSR count). The summed E-state index contributed by atoms with van der Waals surface area (Å²) in [5, 5.41) is 0. The molecule has 1 atom stereocenters.